The van der Waals surface area contributed by atoms with Crippen molar-refractivity contribution in [3.05, 3.63) is 95.3 Å². The number of nitrogens with one attached hydrogen (secondary N) is 1. The van der Waals surface area contributed by atoms with Gasteiger partial charge in [-0.05, 0) is 62.7 Å². The van der Waals surface area contributed by atoms with Crippen LogP contribution in [0.2, 0.25) is 5.02 Å². The molecular formula is C27H29ClFN3O4S. The summed E-state index contributed by atoms with van der Waals surface area (Å²) in [6.07, 6.45) is 0. The van der Waals surface area contributed by atoms with Gasteiger partial charge in [0, 0.05) is 12.6 Å². The number of amides is 2. The molecule has 0 aromatic heterocycles. The van der Waals surface area contributed by atoms with Gasteiger partial charge in [0.15, 0.2) is 0 Å². The van der Waals surface area contributed by atoms with Crippen molar-refractivity contribution in [2.24, 2.45) is 0 Å². The molecule has 2 amide bonds. The maximum Gasteiger partial charge on any atom is 0.264 e. The van der Waals surface area contributed by atoms with Crippen molar-refractivity contribution >= 4 is 39.1 Å². The molecule has 1 N–H and O–H groups in total. The Balaban J connectivity index is 2.02. The van der Waals surface area contributed by atoms with Gasteiger partial charge in [-0.15, -0.1) is 0 Å². The van der Waals surface area contributed by atoms with Gasteiger partial charge in [-0.1, -0.05) is 54.1 Å². The van der Waals surface area contributed by atoms with Crippen molar-refractivity contribution in [2.75, 3.05) is 10.8 Å². The van der Waals surface area contributed by atoms with E-state index in [0.29, 0.717) is 5.56 Å². The molecule has 0 fully saturated rings. The predicted octanol–water partition coefficient (Wildman–Crippen LogP) is 4.62. The lowest BCUT2D eigenvalue weighted by Crippen LogP contribution is -2.52. The Morgan fingerprint density at radius 1 is 0.919 bits per heavy atom. The summed E-state index contributed by atoms with van der Waals surface area (Å²) in [5.74, 6) is -1.47. The fraction of sp³-hybridized carbons (Fsp3) is 0.259. The van der Waals surface area contributed by atoms with Crippen molar-refractivity contribution in [2.45, 2.75) is 44.3 Å². The zero-order valence-electron chi connectivity index (χ0n) is 20.8. The molecule has 0 bridgehead atoms. The molecule has 37 heavy (non-hydrogen) atoms. The van der Waals surface area contributed by atoms with Crippen molar-refractivity contribution in [1.82, 2.24) is 10.2 Å². The van der Waals surface area contributed by atoms with Gasteiger partial charge in [0.2, 0.25) is 11.8 Å². The topological polar surface area (TPSA) is 86.8 Å². The summed E-state index contributed by atoms with van der Waals surface area (Å²) in [7, 11) is -4.20. The van der Waals surface area contributed by atoms with E-state index in [2.05, 4.69) is 5.32 Å². The second-order valence-corrected chi connectivity index (χ2v) is 11.0. The highest BCUT2D eigenvalue weighted by Crippen LogP contribution is 2.30. The molecule has 1 atom stereocenters. The zero-order chi connectivity index (χ0) is 27.2. The molecule has 0 saturated carbocycles. The zero-order valence-corrected chi connectivity index (χ0v) is 22.3. The molecule has 0 radical (unpaired) electrons. The molecule has 3 aromatic carbocycles. The van der Waals surface area contributed by atoms with E-state index in [9.17, 15) is 22.4 Å². The van der Waals surface area contributed by atoms with Crippen LogP contribution in [0.25, 0.3) is 0 Å². The third-order valence-electron chi connectivity index (χ3n) is 5.60. The molecule has 3 rings (SSSR count). The van der Waals surface area contributed by atoms with E-state index in [-0.39, 0.29) is 28.2 Å². The van der Waals surface area contributed by atoms with E-state index in [1.54, 1.807) is 51.1 Å². The molecule has 10 heteroatoms. The van der Waals surface area contributed by atoms with Gasteiger partial charge in [-0.2, -0.15) is 0 Å². The van der Waals surface area contributed by atoms with E-state index in [1.165, 1.54) is 53.4 Å². The monoisotopic (exact) mass is 545 g/mol. The number of para-hydroxylation sites is 1. The van der Waals surface area contributed by atoms with Crippen LogP contribution in [0.15, 0.2) is 83.8 Å². The third-order valence-corrected chi connectivity index (χ3v) is 7.69. The number of carbonyl (C=O) groups is 2. The number of benzene rings is 3. The molecule has 0 aliphatic heterocycles. The van der Waals surface area contributed by atoms with Crippen LogP contribution in [0, 0.1) is 5.82 Å². The standard InChI is InChI=1S/C27H29ClFN3O4S/c1-19(2)30-27(34)20(3)31(17-21-13-15-22(29)16-14-21)26(33)18-32(25-12-8-7-11-24(25)28)37(35,36)23-9-5-4-6-10-23/h4-16,19-20H,17-18H2,1-3H3,(H,30,34). The number of sulfonamides is 1. The summed E-state index contributed by atoms with van der Waals surface area (Å²) >= 11 is 6.36. The van der Waals surface area contributed by atoms with Gasteiger partial charge in [0.05, 0.1) is 15.6 Å². The Morgan fingerprint density at radius 3 is 2.11 bits per heavy atom. The summed E-state index contributed by atoms with van der Waals surface area (Å²) in [5.41, 5.74) is 0.705. The number of anilines is 1. The lowest BCUT2D eigenvalue weighted by molar-refractivity contribution is -0.139. The van der Waals surface area contributed by atoms with Gasteiger partial charge >= 0.3 is 0 Å². The lowest BCUT2D eigenvalue weighted by atomic mass is 10.1. The molecule has 0 heterocycles. The molecule has 1 unspecified atom stereocenters. The minimum Gasteiger partial charge on any atom is -0.352 e. The van der Waals surface area contributed by atoms with Crippen LogP contribution >= 0.6 is 11.6 Å². The Hall–Kier alpha value is -3.43. The largest absolute Gasteiger partial charge is 0.352 e. The molecule has 0 aliphatic carbocycles. The number of rotatable bonds is 10. The Bertz CT molecular complexity index is 1340. The number of nitrogens with zero attached hydrogens (tertiary/aromatic N) is 2. The first kappa shape index (κ1) is 28.1. The summed E-state index contributed by atoms with van der Waals surface area (Å²) in [4.78, 5) is 27.9. The smallest absolute Gasteiger partial charge is 0.264 e. The predicted molar refractivity (Wildman–Crippen MR) is 142 cm³/mol. The van der Waals surface area contributed by atoms with Gasteiger partial charge < -0.3 is 10.2 Å². The van der Waals surface area contributed by atoms with E-state index < -0.39 is 40.2 Å². The molecule has 0 spiro atoms. The molecular weight excluding hydrogens is 517 g/mol. The quantitative estimate of drug-likeness (QED) is 0.403. The molecule has 0 saturated heterocycles. The van der Waals surface area contributed by atoms with Crippen molar-refractivity contribution in [3.8, 4) is 0 Å². The first-order valence-corrected chi connectivity index (χ1v) is 13.5. The fourth-order valence-electron chi connectivity index (χ4n) is 3.66. The first-order valence-electron chi connectivity index (χ1n) is 11.7. The minimum absolute atomic E-state index is 0.0154. The van der Waals surface area contributed by atoms with Crippen LogP contribution in [-0.2, 0) is 26.2 Å². The highest BCUT2D eigenvalue weighted by atomic mass is 35.5. The van der Waals surface area contributed by atoms with E-state index in [0.717, 1.165) is 4.31 Å². The van der Waals surface area contributed by atoms with Gasteiger partial charge in [0.25, 0.3) is 10.0 Å². The Kier molecular flexibility index (Phi) is 9.29. The molecule has 3 aromatic rings. The van der Waals surface area contributed by atoms with E-state index >= 15 is 0 Å². The fourth-order valence-corrected chi connectivity index (χ4v) is 5.40. The van der Waals surface area contributed by atoms with Crippen LogP contribution < -0.4 is 9.62 Å². The van der Waals surface area contributed by atoms with Gasteiger partial charge in [-0.3, -0.25) is 13.9 Å². The molecule has 7 nitrogen and oxygen atoms in total. The van der Waals surface area contributed by atoms with Crippen molar-refractivity contribution < 1.29 is 22.4 Å². The summed E-state index contributed by atoms with van der Waals surface area (Å²) in [6.45, 7) is 4.50. The highest BCUT2D eigenvalue weighted by Gasteiger charge is 2.33. The van der Waals surface area contributed by atoms with Crippen LogP contribution in [0.5, 0.6) is 0 Å². The summed E-state index contributed by atoms with van der Waals surface area (Å²) in [6, 6.07) is 18.4. The summed E-state index contributed by atoms with van der Waals surface area (Å²) in [5, 5.41) is 2.92. The number of carbonyl (C=O) groups excluding carboxylic acids is 2. The minimum atomic E-state index is -4.20. The Labute approximate surface area is 221 Å². The normalized spacial score (nSPS) is 12.2. The van der Waals surface area contributed by atoms with Crippen LogP contribution in [0.4, 0.5) is 10.1 Å². The highest BCUT2D eigenvalue weighted by molar-refractivity contribution is 7.92. The van der Waals surface area contributed by atoms with Gasteiger partial charge in [0.1, 0.15) is 18.4 Å². The number of halogens is 2. The number of hydrogen-bond acceptors (Lipinski definition) is 4. The SMILES string of the molecule is CC(C)NC(=O)C(C)N(Cc1ccc(F)cc1)C(=O)CN(c1ccccc1Cl)S(=O)(=O)c1ccccc1. The molecule has 196 valence electrons. The van der Waals surface area contributed by atoms with Crippen LogP contribution in [-0.4, -0.2) is 43.8 Å². The van der Waals surface area contributed by atoms with E-state index in [4.69, 9.17) is 11.6 Å². The average molecular weight is 546 g/mol. The van der Waals surface area contributed by atoms with Crippen molar-refractivity contribution in [3.63, 3.8) is 0 Å². The van der Waals surface area contributed by atoms with Crippen LogP contribution in [0.3, 0.4) is 0 Å². The van der Waals surface area contributed by atoms with E-state index in [1.807, 2.05) is 0 Å². The molecule has 0 aliphatic rings. The number of hydrogen-bond donors (Lipinski definition) is 1. The maximum absolute atomic E-state index is 13.7. The van der Waals surface area contributed by atoms with Gasteiger partial charge in [-0.25, -0.2) is 12.8 Å². The Morgan fingerprint density at radius 2 is 1.51 bits per heavy atom. The second kappa shape index (κ2) is 12.2. The second-order valence-electron chi connectivity index (χ2n) is 8.76. The lowest BCUT2D eigenvalue weighted by Gasteiger charge is -2.32. The third kappa shape index (κ3) is 7.08. The van der Waals surface area contributed by atoms with Crippen molar-refractivity contribution in [1.29, 1.82) is 0 Å². The van der Waals surface area contributed by atoms with Crippen LogP contribution in [0.1, 0.15) is 26.3 Å². The summed E-state index contributed by atoms with van der Waals surface area (Å²) < 4.78 is 41.7. The average Bonchev–Trinajstić information content (AvgIpc) is 2.87. The first-order chi connectivity index (χ1) is 17.5. The maximum atomic E-state index is 13.7.